The van der Waals surface area contributed by atoms with Crippen LogP contribution in [0.2, 0.25) is 0 Å². The van der Waals surface area contributed by atoms with Gasteiger partial charge in [0, 0.05) is 42.0 Å². The minimum atomic E-state index is -0.0137. The quantitative estimate of drug-likeness (QED) is 0.304. The minimum absolute atomic E-state index is 0.0137. The first kappa shape index (κ1) is 22.9. The number of nitrogens with zero attached hydrogens (tertiary/aromatic N) is 7. The zero-order valence-corrected chi connectivity index (χ0v) is 21.0. The fraction of sp³-hybridized carbons (Fsp3) is 0.172. The van der Waals surface area contributed by atoms with E-state index in [9.17, 15) is 0 Å². The van der Waals surface area contributed by atoms with Crippen LogP contribution >= 0.6 is 0 Å². The standard InChI is InChI=1S/C29H27N7O/c1-20-12-13-21(2)36(20)29-32-28-16-23(14-15-34(28)33-29)25-10-7-11-26(31-25)24-17-30-35(18-24)27(19-37-3)22-8-5-4-6-9-22/h4-18,27H,19H2,1-3H3/t27-/m0/s1. The van der Waals surface area contributed by atoms with Crippen LogP contribution < -0.4 is 0 Å². The maximum absolute atomic E-state index is 5.49. The molecule has 0 aliphatic heterocycles. The van der Waals surface area contributed by atoms with Gasteiger partial charge in [0.15, 0.2) is 5.65 Å². The summed E-state index contributed by atoms with van der Waals surface area (Å²) in [4.78, 5) is 9.72. The summed E-state index contributed by atoms with van der Waals surface area (Å²) in [5.74, 6) is 0.662. The second-order valence-electron chi connectivity index (χ2n) is 9.08. The maximum atomic E-state index is 5.49. The maximum Gasteiger partial charge on any atom is 0.254 e. The number of ether oxygens (including phenoxy) is 1. The van der Waals surface area contributed by atoms with Gasteiger partial charge in [-0.2, -0.15) is 10.1 Å². The van der Waals surface area contributed by atoms with Crippen molar-refractivity contribution in [3.63, 3.8) is 0 Å². The van der Waals surface area contributed by atoms with E-state index in [1.165, 1.54) is 0 Å². The molecule has 0 radical (unpaired) electrons. The molecule has 5 aromatic heterocycles. The summed E-state index contributed by atoms with van der Waals surface area (Å²) < 4.78 is 11.3. The lowest BCUT2D eigenvalue weighted by molar-refractivity contribution is 0.164. The summed E-state index contributed by atoms with van der Waals surface area (Å²) >= 11 is 0. The largest absolute Gasteiger partial charge is 0.382 e. The monoisotopic (exact) mass is 489 g/mol. The van der Waals surface area contributed by atoms with E-state index < -0.39 is 0 Å². The van der Waals surface area contributed by atoms with Crippen LogP contribution in [0.4, 0.5) is 0 Å². The van der Waals surface area contributed by atoms with Crippen LogP contribution in [0.3, 0.4) is 0 Å². The van der Waals surface area contributed by atoms with Crippen LogP contribution in [0, 0.1) is 13.8 Å². The Morgan fingerprint density at radius 2 is 1.59 bits per heavy atom. The van der Waals surface area contributed by atoms with Gasteiger partial charge in [0.1, 0.15) is 6.04 Å². The second kappa shape index (κ2) is 9.48. The number of fused-ring (bicyclic) bond motifs is 1. The van der Waals surface area contributed by atoms with E-state index in [0.29, 0.717) is 12.6 Å². The van der Waals surface area contributed by atoms with Gasteiger partial charge in [0.25, 0.3) is 5.95 Å². The average Bonchev–Trinajstić information content (AvgIpc) is 3.66. The summed E-state index contributed by atoms with van der Waals surface area (Å²) in [7, 11) is 1.71. The van der Waals surface area contributed by atoms with Crippen molar-refractivity contribution in [2.24, 2.45) is 0 Å². The number of pyridine rings is 2. The van der Waals surface area contributed by atoms with E-state index in [0.717, 1.165) is 45.1 Å². The molecular formula is C29H27N7O. The molecule has 0 spiro atoms. The lowest BCUT2D eigenvalue weighted by atomic mass is 10.1. The summed E-state index contributed by atoms with van der Waals surface area (Å²) in [6.07, 6.45) is 5.81. The molecule has 5 heterocycles. The Morgan fingerprint density at radius 1 is 0.838 bits per heavy atom. The number of aromatic nitrogens is 7. The molecule has 0 saturated carbocycles. The SMILES string of the molecule is COC[C@@H](c1ccccc1)n1cc(-c2cccc(-c3ccn4nc(-n5c(C)ccc5C)nc4c3)n2)cn1. The van der Waals surface area contributed by atoms with Crippen molar-refractivity contribution in [3.8, 4) is 28.5 Å². The lowest BCUT2D eigenvalue weighted by Gasteiger charge is -2.17. The predicted octanol–water partition coefficient (Wildman–Crippen LogP) is 5.30. The van der Waals surface area contributed by atoms with Gasteiger partial charge in [-0.1, -0.05) is 36.4 Å². The molecule has 0 N–H and O–H groups in total. The summed E-state index contributed by atoms with van der Waals surface area (Å²) in [5, 5.41) is 9.31. The zero-order valence-electron chi connectivity index (χ0n) is 21.0. The van der Waals surface area contributed by atoms with Gasteiger partial charge in [-0.25, -0.2) is 9.50 Å². The first-order valence-corrected chi connectivity index (χ1v) is 12.2. The minimum Gasteiger partial charge on any atom is -0.382 e. The molecule has 8 heteroatoms. The molecule has 1 aromatic carbocycles. The highest BCUT2D eigenvalue weighted by atomic mass is 16.5. The highest BCUT2D eigenvalue weighted by Crippen LogP contribution is 2.26. The van der Waals surface area contributed by atoms with Crippen molar-refractivity contribution in [3.05, 3.63) is 108 Å². The second-order valence-corrected chi connectivity index (χ2v) is 9.08. The molecule has 0 amide bonds. The number of hydrogen-bond acceptors (Lipinski definition) is 5. The van der Waals surface area contributed by atoms with Gasteiger partial charge >= 0.3 is 0 Å². The molecular weight excluding hydrogens is 462 g/mol. The number of hydrogen-bond donors (Lipinski definition) is 0. The third-order valence-corrected chi connectivity index (χ3v) is 6.57. The van der Waals surface area contributed by atoms with E-state index in [-0.39, 0.29) is 6.04 Å². The molecule has 6 rings (SSSR count). The Balaban J connectivity index is 1.32. The molecule has 0 bridgehead atoms. The van der Waals surface area contributed by atoms with E-state index >= 15 is 0 Å². The molecule has 1 atom stereocenters. The molecule has 0 unspecified atom stereocenters. The number of benzene rings is 1. The van der Waals surface area contributed by atoms with Gasteiger partial charge in [-0.05, 0) is 55.8 Å². The van der Waals surface area contributed by atoms with Crippen LogP contribution in [0.25, 0.3) is 34.1 Å². The molecule has 0 aliphatic rings. The third kappa shape index (κ3) is 4.32. The van der Waals surface area contributed by atoms with Crippen molar-refractivity contribution in [2.75, 3.05) is 13.7 Å². The normalized spacial score (nSPS) is 12.3. The topological polar surface area (TPSA) is 75.1 Å². The third-order valence-electron chi connectivity index (χ3n) is 6.57. The highest BCUT2D eigenvalue weighted by molar-refractivity contribution is 5.68. The molecule has 6 aromatic rings. The van der Waals surface area contributed by atoms with Gasteiger partial charge < -0.3 is 4.74 Å². The van der Waals surface area contributed by atoms with Gasteiger partial charge in [0.05, 0.1) is 24.2 Å². The summed E-state index contributed by atoms with van der Waals surface area (Å²) in [6.45, 7) is 4.64. The number of aryl methyl sites for hydroxylation is 2. The van der Waals surface area contributed by atoms with E-state index in [1.807, 2.05) is 71.8 Å². The van der Waals surface area contributed by atoms with Crippen molar-refractivity contribution in [1.82, 2.24) is 33.9 Å². The first-order valence-electron chi connectivity index (χ1n) is 12.2. The fourth-order valence-electron chi connectivity index (χ4n) is 4.66. The molecule has 0 saturated heterocycles. The van der Waals surface area contributed by atoms with Gasteiger partial charge in [0.2, 0.25) is 0 Å². The average molecular weight is 490 g/mol. The molecule has 8 nitrogen and oxygen atoms in total. The molecule has 0 aliphatic carbocycles. The van der Waals surface area contributed by atoms with Crippen molar-refractivity contribution < 1.29 is 4.74 Å². The first-order chi connectivity index (χ1) is 18.1. The van der Waals surface area contributed by atoms with Crippen LogP contribution in [0.15, 0.2) is 91.4 Å². The van der Waals surface area contributed by atoms with E-state index in [4.69, 9.17) is 14.7 Å². The van der Waals surface area contributed by atoms with Crippen LogP contribution in [0.1, 0.15) is 23.0 Å². The Bertz CT molecular complexity index is 1660. The van der Waals surface area contributed by atoms with Gasteiger partial charge in [-0.3, -0.25) is 9.25 Å². The Morgan fingerprint density at radius 3 is 2.35 bits per heavy atom. The van der Waals surface area contributed by atoms with Crippen molar-refractivity contribution in [2.45, 2.75) is 19.9 Å². The lowest BCUT2D eigenvalue weighted by Crippen LogP contribution is -2.16. The Labute approximate surface area is 214 Å². The zero-order chi connectivity index (χ0) is 25.4. The summed E-state index contributed by atoms with van der Waals surface area (Å²) in [6, 6.07) is 24.5. The highest BCUT2D eigenvalue weighted by Gasteiger charge is 2.16. The van der Waals surface area contributed by atoms with Crippen molar-refractivity contribution >= 4 is 5.65 Å². The molecule has 0 fully saturated rings. The van der Waals surface area contributed by atoms with Crippen LogP contribution in [-0.4, -0.2) is 47.6 Å². The Kier molecular flexibility index (Phi) is 5.86. The van der Waals surface area contributed by atoms with Crippen LogP contribution in [-0.2, 0) is 4.74 Å². The smallest absolute Gasteiger partial charge is 0.254 e. The Hall–Kier alpha value is -4.56. The number of rotatable bonds is 7. The van der Waals surface area contributed by atoms with Crippen molar-refractivity contribution in [1.29, 1.82) is 0 Å². The fourth-order valence-corrected chi connectivity index (χ4v) is 4.66. The molecule has 37 heavy (non-hydrogen) atoms. The van der Waals surface area contributed by atoms with E-state index in [1.54, 1.807) is 11.6 Å². The van der Waals surface area contributed by atoms with Crippen LogP contribution in [0.5, 0.6) is 0 Å². The van der Waals surface area contributed by atoms with Gasteiger partial charge in [-0.15, -0.1) is 5.10 Å². The number of methoxy groups -OCH3 is 1. The predicted molar refractivity (Wildman–Crippen MR) is 143 cm³/mol. The summed E-state index contributed by atoms with van der Waals surface area (Å²) in [5.41, 5.74) is 7.76. The molecule has 184 valence electrons. The van der Waals surface area contributed by atoms with E-state index in [2.05, 4.69) is 52.9 Å².